The molecule has 1 heteroatoms. The lowest BCUT2D eigenvalue weighted by Crippen LogP contribution is -2.22. The molecule has 54 heavy (non-hydrogen) atoms. The van der Waals surface area contributed by atoms with Crippen LogP contribution in [0.1, 0.15) is 71.4 Å². The van der Waals surface area contributed by atoms with E-state index in [9.17, 15) is 0 Å². The number of hydrogen-bond donors (Lipinski definition) is 0. The van der Waals surface area contributed by atoms with Gasteiger partial charge in [0, 0.05) is 22.0 Å². The maximum atomic E-state index is 2.49. The minimum Gasteiger partial charge on any atom is -0.117 e. The average molecular weight is 711 g/mol. The summed E-state index contributed by atoms with van der Waals surface area (Å²) in [6.07, 6.45) is 18.6. The average Bonchev–Trinajstić information content (AvgIpc) is 3.62. The lowest BCUT2D eigenvalue weighted by atomic mass is 9.69. The van der Waals surface area contributed by atoms with Crippen molar-refractivity contribution in [2.45, 2.75) is 54.6 Å². The maximum absolute atomic E-state index is 2.49. The van der Waals surface area contributed by atoms with Crippen molar-refractivity contribution in [3.63, 3.8) is 0 Å². The van der Waals surface area contributed by atoms with E-state index in [2.05, 4.69) is 183 Å². The predicted octanol–water partition coefficient (Wildman–Crippen LogP) is 14.5. The third kappa shape index (κ3) is 4.91. The second kappa shape index (κ2) is 12.9. The fourth-order valence-electron chi connectivity index (χ4n) is 10.5. The minimum atomic E-state index is 0.363. The molecule has 4 atom stereocenters. The molecule has 0 nitrogen and oxygen atoms in total. The Morgan fingerprint density at radius 2 is 1.26 bits per heavy atom. The third-order valence-corrected chi connectivity index (χ3v) is 14.2. The van der Waals surface area contributed by atoms with Crippen LogP contribution in [0.25, 0.3) is 54.6 Å². The molecule has 0 N–H and O–H groups in total. The molecular formula is C53H42S. The van der Waals surface area contributed by atoms with E-state index in [1.165, 1.54) is 89.0 Å². The van der Waals surface area contributed by atoms with Gasteiger partial charge in [0.05, 0.1) is 0 Å². The SMILES string of the molecule is CC1CCc2c(ccc3c2C2C=CC=CC2S3)C1c1cccc2c(-c3c4ccccc4c(C4=C(c5ccccc5)CCC=C4)c4ccccc34)cccc12. The molecule has 4 aliphatic rings. The number of thioether (sulfide) groups is 1. The third-order valence-electron chi connectivity index (χ3n) is 12.8. The normalized spacial score (nSPS) is 21.5. The first-order valence-corrected chi connectivity index (χ1v) is 20.7. The Balaban J connectivity index is 1.13. The number of fused-ring (bicyclic) bond motifs is 8. The number of hydrogen-bond acceptors (Lipinski definition) is 1. The van der Waals surface area contributed by atoms with Crippen molar-refractivity contribution in [3.05, 3.63) is 197 Å². The van der Waals surface area contributed by atoms with Gasteiger partial charge in [0.2, 0.25) is 0 Å². The van der Waals surface area contributed by atoms with Crippen LogP contribution in [0.4, 0.5) is 0 Å². The summed E-state index contributed by atoms with van der Waals surface area (Å²) >= 11 is 2.06. The topological polar surface area (TPSA) is 0 Å². The molecule has 0 radical (unpaired) electrons. The molecule has 3 aliphatic carbocycles. The van der Waals surface area contributed by atoms with E-state index in [0.29, 0.717) is 23.0 Å². The molecule has 0 amide bonds. The minimum absolute atomic E-state index is 0.363. The molecule has 0 bridgehead atoms. The molecule has 4 unspecified atom stereocenters. The van der Waals surface area contributed by atoms with Crippen LogP contribution in [0, 0.1) is 5.92 Å². The molecule has 0 saturated heterocycles. The summed E-state index contributed by atoms with van der Waals surface area (Å²) in [5, 5.41) is 8.53. The second-order valence-corrected chi connectivity index (χ2v) is 16.9. The van der Waals surface area contributed by atoms with E-state index in [4.69, 9.17) is 0 Å². The summed E-state index contributed by atoms with van der Waals surface area (Å²) in [6.45, 7) is 2.49. The monoisotopic (exact) mass is 710 g/mol. The van der Waals surface area contributed by atoms with E-state index < -0.39 is 0 Å². The van der Waals surface area contributed by atoms with Gasteiger partial charge in [0.1, 0.15) is 0 Å². The number of allylic oxidation sites excluding steroid dienone is 7. The lowest BCUT2D eigenvalue weighted by molar-refractivity contribution is 0.445. The summed E-state index contributed by atoms with van der Waals surface area (Å²) in [5.74, 6) is 1.42. The Bertz CT molecular complexity index is 2720. The second-order valence-electron chi connectivity index (χ2n) is 15.7. The van der Waals surface area contributed by atoms with Crippen LogP contribution in [0.2, 0.25) is 0 Å². The molecule has 7 aromatic rings. The summed E-state index contributed by atoms with van der Waals surface area (Å²) in [4.78, 5) is 1.49. The van der Waals surface area contributed by atoms with Crippen molar-refractivity contribution < 1.29 is 0 Å². The molecule has 1 heterocycles. The smallest absolute Gasteiger partial charge is 0.0381 e. The van der Waals surface area contributed by atoms with Crippen LogP contribution in [-0.4, -0.2) is 5.25 Å². The van der Waals surface area contributed by atoms with Crippen molar-refractivity contribution in [1.29, 1.82) is 0 Å². The maximum Gasteiger partial charge on any atom is 0.0381 e. The standard InChI is InChI=1S/C53H42S/c1-33-29-30-46-45(31-32-49-53(46)47-23-11-12-28-48(47)54-49)50(33)39-26-13-25-37-36(39)24-14-27-40(37)52-43-21-9-7-19-41(43)51(42-20-8-10-22-44(42)52)38-18-6-5-17-35(38)34-15-3-2-4-16-34/h2-4,6-16,18-28,31-33,47-48,50H,5,17,29-30H2,1H3. The van der Waals surface area contributed by atoms with Gasteiger partial charge in [-0.1, -0.05) is 165 Å². The van der Waals surface area contributed by atoms with Crippen molar-refractivity contribution in [2.24, 2.45) is 5.92 Å². The Morgan fingerprint density at radius 3 is 2.06 bits per heavy atom. The van der Waals surface area contributed by atoms with Crippen LogP contribution in [0.15, 0.2) is 169 Å². The van der Waals surface area contributed by atoms with Gasteiger partial charge in [0.25, 0.3) is 0 Å². The van der Waals surface area contributed by atoms with Gasteiger partial charge in [-0.3, -0.25) is 0 Å². The van der Waals surface area contributed by atoms with Gasteiger partial charge >= 0.3 is 0 Å². The summed E-state index contributed by atoms with van der Waals surface area (Å²) in [7, 11) is 0. The molecule has 11 rings (SSSR count). The van der Waals surface area contributed by atoms with Gasteiger partial charge in [-0.15, -0.1) is 11.8 Å². The highest BCUT2D eigenvalue weighted by atomic mass is 32.2. The van der Waals surface area contributed by atoms with E-state index in [0.717, 1.165) is 12.8 Å². The Morgan fingerprint density at radius 1 is 0.574 bits per heavy atom. The summed E-state index contributed by atoms with van der Waals surface area (Å²) in [6, 6.07) is 48.5. The Kier molecular flexibility index (Phi) is 7.66. The highest BCUT2D eigenvalue weighted by molar-refractivity contribution is 8.00. The van der Waals surface area contributed by atoms with Crippen LogP contribution < -0.4 is 0 Å². The van der Waals surface area contributed by atoms with Gasteiger partial charge in [0.15, 0.2) is 0 Å². The quantitative estimate of drug-likeness (QED) is 0.164. The fourth-order valence-corrected chi connectivity index (χ4v) is 11.9. The number of rotatable bonds is 4. The molecular weight excluding hydrogens is 669 g/mol. The lowest BCUT2D eigenvalue weighted by Gasteiger charge is -2.35. The van der Waals surface area contributed by atoms with Gasteiger partial charge in [-0.2, -0.15) is 0 Å². The molecule has 0 saturated carbocycles. The highest BCUT2D eigenvalue weighted by Crippen LogP contribution is 2.54. The van der Waals surface area contributed by atoms with E-state index in [1.807, 2.05) is 0 Å². The zero-order valence-electron chi connectivity index (χ0n) is 30.6. The van der Waals surface area contributed by atoms with Crippen molar-refractivity contribution in [3.8, 4) is 11.1 Å². The molecule has 7 aromatic carbocycles. The zero-order valence-corrected chi connectivity index (χ0v) is 31.5. The molecule has 0 spiro atoms. The van der Waals surface area contributed by atoms with E-state index >= 15 is 0 Å². The largest absolute Gasteiger partial charge is 0.117 e. The molecule has 0 fully saturated rings. The van der Waals surface area contributed by atoms with Crippen molar-refractivity contribution >= 4 is 55.2 Å². The van der Waals surface area contributed by atoms with Crippen molar-refractivity contribution in [2.75, 3.05) is 0 Å². The number of benzene rings is 7. The first-order valence-electron chi connectivity index (χ1n) is 19.8. The highest BCUT2D eigenvalue weighted by Gasteiger charge is 2.38. The van der Waals surface area contributed by atoms with Crippen LogP contribution in [0.3, 0.4) is 0 Å². The van der Waals surface area contributed by atoms with Gasteiger partial charge in [-0.25, -0.2) is 0 Å². The first kappa shape index (κ1) is 32.1. The summed E-state index contributed by atoms with van der Waals surface area (Å²) < 4.78 is 0. The van der Waals surface area contributed by atoms with Crippen LogP contribution in [0.5, 0.6) is 0 Å². The Labute approximate surface area is 322 Å². The molecule has 1 aliphatic heterocycles. The van der Waals surface area contributed by atoms with Crippen LogP contribution >= 0.6 is 11.8 Å². The van der Waals surface area contributed by atoms with E-state index in [1.54, 1.807) is 16.7 Å². The van der Waals surface area contributed by atoms with Crippen LogP contribution in [-0.2, 0) is 6.42 Å². The van der Waals surface area contributed by atoms with E-state index in [-0.39, 0.29) is 0 Å². The first-order chi connectivity index (χ1) is 26.7. The van der Waals surface area contributed by atoms with Crippen molar-refractivity contribution in [1.82, 2.24) is 0 Å². The Hall–Kier alpha value is -5.37. The van der Waals surface area contributed by atoms with Gasteiger partial charge in [-0.05, 0) is 126 Å². The fraction of sp³-hybridized carbons (Fsp3) is 0.170. The zero-order chi connectivity index (χ0) is 35.8. The predicted molar refractivity (Wildman–Crippen MR) is 232 cm³/mol. The molecule has 260 valence electrons. The summed E-state index contributed by atoms with van der Waals surface area (Å²) in [5.41, 5.74) is 14.4. The molecule has 0 aromatic heterocycles. The van der Waals surface area contributed by atoms with Gasteiger partial charge < -0.3 is 0 Å².